The maximum atomic E-state index is 13.0. The van der Waals surface area contributed by atoms with E-state index in [2.05, 4.69) is 55.0 Å². The van der Waals surface area contributed by atoms with Crippen LogP contribution in [0.1, 0.15) is 80.2 Å². The molecule has 0 aliphatic carbocycles. The second kappa shape index (κ2) is 9.74. The van der Waals surface area contributed by atoms with Gasteiger partial charge in [-0.05, 0) is 49.8 Å². The molecular weight excluding hydrogens is 412 g/mol. The molecule has 5 heteroatoms. The Morgan fingerprint density at radius 3 is 2.06 bits per heavy atom. The third-order valence-corrected chi connectivity index (χ3v) is 5.08. The van der Waals surface area contributed by atoms with Gasteiger partial charge in [-0.25, -0.2) is 14.8 Å². The van der Waals surface area contributed by atoms with E-state index >= 15 is 0 Å². The number of ether oxygens (including phenoxy) is 2. The van der Waals surface area contributed by atoms with E-state index < -0.39 is 11.6 Å². The lowest BCUT2D eigenvalue weighted by Crippen LogP contribution is -2.25. The van der Waals surface area contributed by atoms with Gasteiger partial charge in [0, 0.05) is 6.42 Å². The number of benzene rings is 2. The standard InChI is InChI=1S/C28H34N2O3/c1-19-25(32-18-21-11-9-8-10-12-21)24(26(31)33-28(5,6)7)30-23(29-19)17-20-13-15-22(16-14-20)27(2,3)4/h8-16H,17-18H2,1-7H3. The topological polar surface area (TPSA) is 61.3 Å². The minimum absolute atomic E-state index is 0.0905. The van der Waals surface area contributed by atoms with Gasteiger partial charge in [0.15, 0.2) is 11.4 Å². The second-order valence-electron chi connectivity index (χ2n) is 10.3. The summed E-state index contributed by atoms with van der Waals surface area (Å²) in [6.07, 6.45) is 0.514. The molecule has 174 valence electrons. The Labute approximate surface area is 197 Å². The molecule has 0 spiro atoms. The fourth-order valence-corrected chi connectivity index (χ4v) is 3.37. The van der Waals surface area contributed by atoms with Crippen molar-refractivity contribution in [2.75, 3.05) is 0 Å². The lowest BCUT2D eigenvalue weighted by molar-refractivity contribution is 0.00573. The van der Waals surface area contributed by atoms with Gasteiger partial charge in [-0.15, -0.1) is 0 Å². The van der Waals surface area contributed by atoms with Crippen LogP contribution >= 0.6 is 0 Å². The average Bonchev–Trinajstić information content (AvgIpc) is 2.72. The maximum Gasteiger partial charge on any atom is 0.361 e. The van der Waals surface area contributed by atoms with Crippen molar-refractivity contribution >= 4 is 5.97 Å². The number of aromatic nitrogens is 2. The highest BCUT2D eigenvalue weighted by Crippen LogP contribution is 2.26. The van der Waals surface area contributed by atoms with Crippen LogP contribution in [0.25, 0.3) is 0 Å². The average molecular weight is 447 g/mol. The maximum absolute atomic E-state index is 13.0. The normalized spacial score (nSPS) is 11.8. The van der Waals surface area contributed by atoms with Crippen molar-refractivity contribution in [1.82, 2.24) is 9.97 Å². The predicted molar refractivity (Wildman–Crippen MR) is 131 cm³/mol. The van der Waals surface area contributed by atoms with Crippen LogP contribution in [-0.4, -0.2) is 21.5 Å². The van der Waals surface area contributed by atoms with E-state index in [1.54, 1.807) is 0 Å². The summed E-state index contributed by atoms with van der Waals surface area (Å²) in [6.45, 7) is 14.2. The Morgan fingerprint density at radius 1 is 0.848 bits per heavy atom. The Hall–Kier alpha value is -3.21. The van der Waals surface area contributed by atoms with Gasteiger partial charge >= 0.3 is 5.97 Å². The number of carbonyl (C=O) groups excluding carboxylic acids is 1. The molecule has 0 bridgehead atoms. The summed E-state index contributed by atoms with van der Waals surface area (Å²) >= 11 is 0. The Balaban J connectivity index is 1.91. The molecule has 1 aromatic heterocycles. The first-order valence-electron chi connectivity index (χ1n) is 11.3. The molecule has 3 rings (SSSR count). The molecule has 5 nitrogen and oxygen atoms in total. The molecule has 0 fully saturated rings. The molecule has 1 heterocycles. The fourth-order valence-electron chi connectivity index (χ4n) is 3.37. The number of esters is 1. The van der Waals surface area contributed by atoms with Crippen LogP contribution in [-0.2, 0) is 23.2 Å². The number of nitrogens with zero attached hydrogens (tertiary/aromatic N) is 2. The molecular formula is C28H34N2O3. The molecule has 0 radical (unpaired) electrons. The number of hydrogen-bond donors (Lipinski definition) is 0. The molecule has 0 aliphatic heterocycles. The SMILES string of the molecule is Cc1nc(Cc2ccc(C(C)(C)C)cc2)nc(C(=O)OC(C)(C)C)c1OCc1ccccc1. The van der Waals surface area contributed by atoms with Crippen LogP contribution in [0.5, 0.6) is 5.75 Å². The molecule has 3 aromatic rings. The van der Waals surface area contributed by atoms with Gasteiger partial charge < -0.3 is 9.47 Å². The summed E-state index contributed by atoms with van der Waals surface area (Å²) in [6, 6.07) is 18.2. The quantitative estimate of drug-likeness (QED) is 0.421. The van der Waals surface area contributed by atoms with Gasteiger partial charge in [-0.3, -0.25) is 0 Å². The Kier molecular flexibility index (Phi) is 7.21. The van der Waals surface area contributed by atoms with E-state index in [9.17, 15) is 4.79 Å². The first kappa shape index (κ1) is 24.4. The zero-order valence-electron chi connectivity index (χ0n) is 20.7. The van der Waals surface area contributed by atoms with Crippen LogP contribution in [0, 0.1) is 6.92 Å². The van der Waals surface area contributed by atoms with E-state index in [0.717, 1.165) is 11.1 Å². The van der Waals surface area contributed by atoms with E-state index in [4.69, 9.17) is 9.47 Å². The molecule has 0 aliphatic rings. The van der Waals surface area contributed by atoms with Crippen molar-refractivity contribution in [3.05, 3.63) is 88.5 Å². The molecule has 2 aromatic carbocycles. The lowest BCUT2D eigenvalue weighted by Gasteiger charge is -2.21. The first-order valence-corrected chi connectivity index (χ1v) is 11.3. The van der Waals surface area contributed by atoms with Gasteiger partial charge in [0.05, 0.1) is 5.69 Å². The van der Waals surface area contributed by atoms with E-state index in [1.165, 1.54) is 5.56 Å². The highest BCUT2D eigenvalue weighted by molar-refractivity contribution is 5.91. The van der Waals surface area contributed by atoms with Crippen LogP contribution in [0.4, 0.5) is 0 Å². The molecule has 0 saturated heterocycles. The van der Waals surface area contributed by atoms with Gasteiger partial charge in [0.25, 0.3) is 0 Å². The van der Waals surface area contributed by atoms with Crippen molar-refractivity contribution in [3.8, 4) is 5.75 Å². The summed E-state index contributed by atoms with van der Waals surface area (Å²) < 4.78 is 11.6. The molecule has 0 unspecified atom stereocenters. The molecule has 0 amide bonds. The van der Waals surface area contributed by atoms with Crippen LogP contribution < -0.4 is 4.74 Å². The number of hydrogen-bond acceptors (Lipinski definition) is 5. The van der Waals surface area contributed by atoms with Gasteiger partial charge in [0.1, 0.15) is 18.0 Å². The van der Waals surface area contributed by atoms with Crippen molar-refractivity contribution in [1.29, 1.82) is 0 Å². The molecule has 0 saturated carbocycles. The summed E-state index contributed by atoms with van der Waals surface area (Å²) in [7, 11) is 0. The van der Waals surface area contributed by atoms with Crippen molar-refractivity contribution in [2.24, 2.45) is 0 Å². The van der Waals surface area contributed by atoms with Crippen LogP contribution in [0.2, 0.25) is 0 Å². The highest BCUT2D eigenvalue weighted by Gasteiger charge is 2.26. The smallest absolute Gasteiger partial charge is 0.361 e. The summed E-state index contributed by atoms with van der Waals surface area (Å²) in [4.78, 5) is 22.2. The van der Waals surface area contributed by atoms with E-state index in [-0.39, 0.29) is 11.1 Å². The van der Waals surface area contributed by atoms with E-state index in [1.807, 2.05) is 58.0 Å². The summed E-state index contributed by atoms with van der Waals surface area (Å²) in [5.41, 5.74) is 3.56. The minimum atomic E-state index is -0.643. The number of rotatable bonds is 6. The van der Waals surface area contributed by atoms with Gasteiger partial charge in [0.2, 0.25) is 0 Å². The van der Waals surface area contributed by atoms with Crippen molar-refractivity contribution < 1.29 is 14.3 Å². The summed E-state index contributed by atoms with van der Waals surface area (Å²) in [5.74, 6) is 0.407. The van der Waals surface area contributed by atoms with Crippen molar-refractivity contribution in [2.45, 2.75) is 72.5 Å². The highest BCUT2D eigenvalue weighted by atomic mass is 16.6. The predicted octanol–water partition coefficient (Wildman–Crippen LogP) is 6.21. The third kappa shape index (κ3) is 6.88. The molecule has 33 heavy (non-hydrogen) atoms. The zero-order chi connectivity index (χ0) is 24.2. The monoisotopic (exact) mass is 446 g/mol. The second-order valence-corrected chi connectivity index (χ2v) is 10.3. The van der Waals surface area contributed by atoms with Gasteiger partial charge in [-0.2, -0.15) is 0 Å². The van der Waals surface area contributed by atoms with Crippen LogP contribution in [0.15, 0.2) is 54.6 Å². The molecule has 0 N–H and O–H groups in total. The first-order chi connectivity index (χ1) is 15.4. The largest absolute Gasteiger partial charge is 0.484 e. The number of carbonyl (C=O) groups is 1. The number of aryl methyl sites for hydroxylation is 1. The van der Waals surface area contributed by atoms with Gasteiger partial charge in [-0.1, -0.05) is 75.4 Å². The fraction of sp³-hybridized carbons (Fsp3) is 0.393. The lowest BCUT2D eigenvalue weighted by atomic mass is 9.86. The Morgan fingerprint density at radius 2 is 1.48 bits per heavy atom. The minimum Gasteiger partial charge on any atom is -0.484 e. The van der Waals surface area contributed by atoms with Crippen molar-refractivity contribution in [3.63, 3.8) is 0 Å². The third-order valence-electron chi connectivity index (χ3n) is 5.08. The molecule has 0 atom stereocenters. The zero-order valence-corrected chi connectivity index (χ0v) is 20.7. The Bertz CT molecular complexity index is 1090. The van der Waals surface area contributed by atoms with Crippen LogP contribution in [0.3, 0.4) is 0 Å². The van der Waals surface area contributed by atoms with E-state index in [0.29, 0.717) is 30.3 Å². The summed E-state index contributed by atoms with van der Waals surface area (Å²) in [5, 5.41) is 0.